The van der Waals surface area contributed by atoms with Crippen LogP contribution < -0.4 is 20.2 Å². The molecule has 0 unspecified atom stereocenters. The van der Waals surface area contributed by atoms with Crippen molar-refractivity contribution in [1.29, 1.82) is 0 Å². The molecule has 14 heteroatoms. The first kappa shape index (κ1) is 34.4. The topological polar surface area (TPSA) is 116 Å². The van der Waals surface area contributed by atoms with Crippen LogP contribution in [0.5, 0.6) is 5.75 Å². The van der Waals surface area contributed by atoms with Crippen LogP contribution in [0, 0.1) is 17.6 Å². The number of nitrogens with zero attached hydrogens (tertiary/aromatic N) is 8. The number of benzene rings is 3. The van der Waals surface area contributed by atoms with Crippen molar-refractivity contribution in [2.24, 2.45) is 5.92 Å². The van der Waals surface area contributed by atoms with Crippen molar-refractivity contribution < 1.29 is 23.4 Å². The Hall–Kier alpha value is -5.08. The summed E-state index contributed by atoms with van der Waals surface area (Å²) in [7, 11) is 0. The summed E-state index contributed by atoms with van der Waals surface area (Å²) in [6, 6.07) is 19.5. The van der Waals surface area contributed by atoms with Crippen molar-refractivity contribution in [1.82, 2.24) is 29.1 Å². The second kappa shape index (κ2) is 15.0. The van der Waals surface area contributed by atoms with Crippen LogP contribution in [0.3, 0.4) is 0 Å². The zero-order valence-electron chi connectivity index (χ0n) is 28.5. The van der Waals surface area contributed by atoms with Gasteiger partial charge in [-0.3, -0.25) is 0 Å². The van der Waals surface area contributed by atoms with E-state index in [1.165, 1.54) is 23.1 Å². The lowest BCUT2D eigenvalue weighted by molar-refractivity contribution is -0.0206. The lowest BCUT2D eigenvalue weighted by Gasteiger charge is -2.37. The number of aromatic nitrogens is 6. The van der Waals surface area contributed by atoms with E-state index < -0.39 is 17.2 Å². The number of piperazine rings is 1. The molecule has 2 aliphatic rings. The maximum Gasteiger partial charge on any atom is 0.350 e. The van der Waals surface area contributed by atoms with Crippen LogP contribution in [0.15, 0.2) is 90.5 Å². The van der Waals surface area contributed by atoms with Gasteiger partial charge in [-0.25, -0.2) is 32.5 Å². The summed E-state index contributed by atoms with van der Waals surface area (Å²) in [5.74, 6) is -0.557. The van der Waals surface area contributed by atoms with Crippen LogP contribution in [0.1, 0.15) is 37.8 Å². The molecule has 12 nitrogen and oxygen atoms in total. The van der Waals surface area contributed by atoms with Gasteiger partial charge in [0.15, 0.2) is 0 Å². The van der Waals surface area contributed by atoms with E-state index >= 15 is 0 Å². The summed E-state index contributed by atoms with van der Waals surface area (Å²) < 4.78 is 45.7. The van der Waals surface area contributed by atoms with Gasteiger partial charge < -0.3 is 24.4 Å². The second-order valence-electron chi connectivity index (χ2n) is 13.2. The summed E-state index contributed by atoms with van der Waals surface area (Å²) in [6.45, 7) is 6.40. The van der Waals surface area contributed by atoms with Crippen LogP contribution in [0.25, 0.3) is 5.69 Å². The average Bonchev–Trinajstić information content (AvgIpc) is 3.91. The van der Waals surface area contributed by atoms with Gasteiger partial charge >= 0.3 is 5.69 Å². The molecule has 0 aliphatic carbocycles. The lowest BCUT2D eigenvalue weighted by atomic mass is 9.87. The maximum atomic E-state index is 15.0. The first-order chi connectivity index (χ1) is 24.9. The van der Waals surface area contributed by atoms with Gasteiger partial charge in [0.25, 0.3) is 0 Å². The number of halogens is 2. The highest BCUT2D eigenvalue weighted by Gasteiger charge is 2.44. The molecule has 7 rings (SSSR count). The van der Waals surface area contributed by atoms with Crippen molar-refractivity contribution in [2.75, 3.05) is 55.8 Å². The molecule has 4 heterocycles. The van der Waals surface area contributed by atoms with Gasteiger partial charge in [0.1, 0.15) is 42.0 Å². The van der Waals surface area contributed by atoms with Crippen LogP contribution in [-0.2, 0) is 16.9 Å². The molecular weight excluding hydrogens is 658 g/mol. The second-order valence-corrected chi connectivity index (χ2v) is 13.2. The SMILES string of the molecule is CC[C@@H](CCO)n1ncn(-c2ccc(N3CCN(c4ccc(OC[C@@H]5CO[C@@](Cn6cncn6)(c6ccc(F)cc6F)C5)cc4)CC3)cc2)c1=O. The predicted octanol–water partition coefficient (Wildman–Crippen LogP) is 4.57. The van der Waals surface area contributed by atoms with E-state index in [0.717, 1.165) is 61.5 Å². The number of rotatable bonds is 13. The average molecular weight is 701 g/mol. The van der Waals surface area contributed by atoms with Gasteiger partial charge in [-0.15, -0.1) is 0 Å². The minimum atomic E-state index is -1.02. The van der Waals surface area contributed by atoms with E-state index in [1.807, 2.05) is 43.3 Å². The predicted molar refractivity (Wildman–Crippen MR) is 187 cm³/mol. The highest BCUT2D eigenvalue weighted by atomic mass is 19.1. The Morgan fingerprint density at radius 3 is 2.25 bits per heavy atom. The Labute approximate surface area is 294 Å². The van der Waals surface area contributed by atoms with Crippen LogP contribution >= 0.6 is 0 Å². The fourth-order valence-electron chi connectivity index (χ4n) is 7.19. The fraction of sp³-hybridized carbons (Fsp3) is 0.405. The van der Waals surface area contributed by atoms with E-state index in [9.17, 15) is 18.7 Å². The smallest absolute Gasteiger partial charge is 0.350 e. The number of hydrogen-bond donors (Lipinski definition) is 1. The third-order valence-electron chi connectivity index (χ3n) is 9.95. The summed E-state index contributed by atoms with van der Waals surface area (Å²) in [5.41, 5.74) is 2.03. The van der Waals surface area contributed by atoms with Gasteiger partial charge in [0, 0.05) is 61.7 Å². The molecule has 0 radical (unpaired) electrons. The maximum absolute atomic E-state index is 15.0. The fourth-order valence-corrected chi connectivity index (χ4v) is 7.19. The van der Waals surface area contributed by atoms with Gasteiger partial charge in [-0.2, -0.15) is 10.2 Å². The van der Waals surface area contributed by atoms with E-state index in [-0.39, 0.29) is 30.8 Å². The molecule has 2 fully saturated rings. The molecule has 2 aliphatic heterocycles. The number of hydrogen-bond acceptors (Lipinski definition) is 9. The van der Waals surface area contributed by atoms with Crippen molar-refractivity contribution in [3.8, 4) is 11.4 Å². The van der Waals surface area contributed by atoms with Gasteiger partial charge in [0.05, 0.1) is 31.5 Å². The molecule has 1 N–H and O–H groups in total. The monoisotopic (exact) mass is 700 g/mol. The molecule has 2 saturated heterocycles. The third kappa shape index (κ3) is 7.38. The molecule has 0 saturated carbocycles. The molecule has 3 aromatic carbocycles. The summed E-state index contributed by atoms with van der Waals surface area (Å²) >= 11 is 0. The van der Waals surface area contributed by atoms with Crippen molar-refractivity contribution in [3.63, 3.8) is 0 Å². The molecule has 51 heavy (non-hydrogen) atoms. The molecule has 0 bridgehead atoms. The highest BCUT2D eigenvalue weighted by Crippen LogP contribution is 2.42. The van der Waals surface area contributed by atoms with Crippen LogP contribution in [0.4, 0.5) is 20.2 Å². The van der Waals surface area contributed by atoms with Crippen molar-refractivity contribution in [3.05, 3.63) is 113 Å². The number of aliphatic hydroxyl groups is 1. The first-order valence-electron chi connectivity index (χ1n) is 17.4. The van der Waals surface area contributed by atoms with Crippen LogP contribution in [-0.4, -0.2) is 80.2 Å². The van der Waals surface area contributed by atoms with E-state index in [2.05, 4.69) is 37.1 Å². The van der Waals surface area contributed by atoms with Crippen LogP contribution in [0.2, 0.25) is 0 Å². The van der Waals surface area contributed by atoms with Gasteiger partial charge in [-0.1, -0.05) is 13.0 Å². The molecule has 2 aromatic heterocycles. The van der Waals surface area contributed by atoms with Crippen molar-refractivity contribution in [2.45, 2.75) is 44.4 Å². The number of aliphatic hydroxyl groups excluding tert-OH is 1. The largest absolute Gasteiger partial charge is 0.493 e. The van der Waals surface area contributed by atoms with Gasteiger partial charge in [-0.05, 0) is 73.9 Å². The minimum absolute atomic E-state index is 0.0104. The molecule has 0 spiro atoms. The molecule has 268 valence electrons. The minimum Gasteiger partial charge on any atom is -0.493 e. The third-order valence-corrected chi connectivity index (χ3v) is 9.95. The Bertz CT molecular complexity index is 1940. The summed E-state index contributed by atoms with van der Waals surface area (Å²) in [4.78, 5) is 21.7. The van der Waals surface area contributed by atoms with Crippen molar-refractivity contribution >= 4 is 11.4 Å². The highest BCUT2D eigenvalue weighted by molar-refractivity contribution is 5.54. The molecule has 0 amide bonds. The van der Waals surface area contributed by atoms with E-state index in [1.54, 1.807) is 21.9 Å². The molecular formula is C37H42F2N8O4. The normalized spacial score (nSPS) is 19.8. The van der Waals surface area contributed by atoms with Gasteiger partial charge in [0.2, 0.25) is 0 Å². The van der Waals surface area contributed by atoms with E-state index in [4.69, 9.17) is 9.47 Å². The van der Waals surface area contributed by atoms with E-state index in [0.29, 0.717) is 31.6 Å². The number of anilines is 2. The molecule has 5 aromatic rings. The quantitative estimate of drug-likeness (QED) is 0.189. The first-order valence-corrected chi connectivity index (χ1v) is 17.4. The number of ether oxygens (including phenoxy) is 2. The molecule has 3 atom stereocenters. The zero-order valence-corrected chi connectivity index (χ0v) is 28.5. The lowest BCUT2D eigenvalue weighted by Crippen LogP contribution is -2.46. The Morgan fingerprint density at radius 2 is 1.63 bits per heavy atom. The standard InChI is InChI=1S/C37H42F2N8O4/c1-2-29(13-18-48)47-36(49)46(26-42-47)32-6-4-30(5-7-32)43-14-16-44(17-15-43)31-8-10-33(11-9-31)50-21-27-20-37(51-22-27,23-45-25-40-24-41-45)34-12-3-28(38)19-35(34)39/h3-12,19,24-27,29,48H,2,13-18,20-23H2,1H3/t27-,29+,37+/m1/s1. The Balaban J connectivity index is 0.920. The zero-order chi connectivity index (χ0) is 35.4. The Kier molecular flexibility index (Phi) is 10.1. The summed E-state index contributed by atoms with van der Waals surface area (Å²) in [6.07, 6.45) is 6.21. The summed E-state index contributed by atoms with van der Waals surface area (Å²) in [5, 5.41) is 17.8. The Morgan fingerprint density at radius 1 is 0.941 bits per heavy atom.